The summed E-state index contributed by atoms with van der Waals surface area (Å²) < 4.78 is 16.2. The van der Waals surface area contributed by atoms with Crippen LogP contribution in [-0.4, -0.2) is 64.7 Å². The van der Waals surface area contributed by atoms with Crippen LogP contribution in [0.5, 0.6) is 0 Å². The third-order valence-corrected chi connectivity index (χ3v) is 5.81. The molecule has 7 heteroatoms. The molecule has 7 nitrogen and oxygen atoms in total. The zero-order valence-corrected chi connectivity index (χ0v) is 21.4. The van der Waals surface area contributed by atoms with E-state index in [-0.39, 0.29) is 18.7 Å². The Hall–Kier alpha value is -1.25. The Morgan fingerprint density at radius 3 is 2.12 bits per heavy atom. The van der Waals surface area contributed by atoms with Crippen LogP contribution >= 0.6 is 0 Å². The predicted octanol–water partition coefficient (Wildman–Crippen LogP) is 4.58. The SMILES string of the molecule is CCCCC/C=C\C/C=C\CCCCCCCC(=O)OC[C@H]1OC(OC(C)C)[C@H](O)[C@@H](O)[C@@H]1O. The fourth-order valence-electron chi connectivity index (χ4n) is 3.76. The molecule has 0 aromatic heterocycles. The molecule has 0 aliphatic carbocycles. The van der Waals surface area contributed by atoms with Gasteiger partial charge in [0.2, 0.25) is 0 Å². The number of rotatable bonds is 18. The van der Waals surface area contributed by atoms with Crippen LogP contribution in [0, 0.1) is 0 Å². The van der Waals surface area contributed by atoms with Gasteiger partial charge in [-0.3, -0.25) is 4.79 Å². The van der Waals surface area contributed by atoms with Gasteiger partial charge in [0.25, 0.3) is 0 Å². The first kappa shape index (κ1) is 30.8. The Balaban J connectivity index is 2.07. The molecule has 0 amide bonds. The van der Waals surface area contributed by atoms with Crippen molar-refractivity contribution in [1.29, 1.82) is 0 Å². The zero-order chi connectivity index (χ0) is 25.2. The van der Waals surface area contributed by atoms with Gasteiger partial charge in [0.1, 0.15) is 31.0 Å². The molecule has 198 valence electrons. The largest absolute Gasteiger partial charge is 0.463 e. The lowest BCUT2D eigenvalue weighted by molar-refractivity contribution is -0.309. The van der Waals surface area contributed by atoms with Gasteiger partial charge in [-0.15, -0.1) is 0 Å². The van der Waals surface area contributed by atoms with Crippen molar-refractivity contribution in [3.05, 3.63) is 24.3 Å². The van der Waals surface area contributed by atoms with Gasteiger partial charge < -0.3 is 29.5 Å². The van der Waals surface area contributed by atoms with E-state index in [9.17, 15) is 20.1 Å². The van der Waals surface area contributed by atoms with Gasteiger partial charge in [-0.25, -0.2) is 0 Å². The van der Waals surface area contributed by atoms with Gasteiger partial charge >= 0.3 is 5.97 Å². The highest BCUT2D eigenvalue weighted by molar-refractivity contribution is 5.69. The second-order valence-corrected chi connectivity index (χ2v) is 9.36. The number of carbonyl (C=O) groups excluding carboxylic acids is 1. The van der Waals surface area contributed by atoms with Gasteiger partial charge in [-0.05, 0) is 52.4 Å². The Kier molecular flexibility index (Phi) is 17.2. The zero-order valence-electron chi connectivity index (χ0n) is 21.4. The van der Waals surface area contributed by atoms with Crippen molar-refractivity contribution >= 4 is 5.97 Å². The fraction of sp³-hybridized carbons (Fsp3) is 0.815. The number of aliphatic hydroxyl groups is 3. The molecule has 0 saturated carbocycles. The number of hydrogen-bond acceptors (Lipinski definition) is 7. The third kappa shape index (κ3) is 13.6. The van der Waals surface area contributed by atoms with Crippen LogP contribution < -0.4 is 0 Å². The highest BCUT2D eigenvalue weighted by atomic mass is 16.7. The van der Waals surface area contributed by atoms with E-state index in [0.29, 0.717) is 6.42 Å². The summed E-state index contributed by atoms with van der Waals surface area (Å²) >= 11 is 0. The lowest BCUT2D eigenvalue weighted by Gasteiger charge is -2.40. The Morgan fingerprint density at radius 2 is 1.47 bits per heavy atom. The molecule has 5 atom stereocenters. The molecular weight excluding hydrogens is 436 g/mol. The molecule has 1 rings (SSSR count). The van der Waals surface area contributed by atoms with Gasteiger partial charge in [0.15, 0.2) is 6.29 Å². The predicted molar refractivity (Wildman–Crippen MR) is 133 cm³/mol. The summed E-state index contributed by atoms with van der Waals surface area (Å²) in [6, 6.07) is 0. The summed E-state index contributed by atoms with van der Waals surface area (Å²) in [5.41, 5.74) is 0. The standard InChI is InChI=1S/C27H48O7/c1-4-5-6-7-8-9-10-11-12-13-14-15-16-17-18-19-23(28)32-20-22-24(29)25(30)26(31)27(34-22)33-21(2)3/h8-9,11-12,21-22,24-27,29-31H,4-7,10,13-20H2,1-3H3/b9-8-,12-11-/t22-,24-,25+,26-,27?/m1/s1. The summed E-state index contributed by atoms with van der Waals surface area (Å²) in [6.45, 7) is 5.58. The first-order valence-corrected chi connectivity index (χ1v) is 13.2. The third-order valence-electron chi connectivity index (χ3n) is 5.81. The monoisotopic (exact) mass is 484 g/mol. The van der Waals surface area contributed by atoms with E-state index in [4.69, 9.17) is 14.2 Å². The van der Waals surface area contributed by atoms with Crippen molar-refractivity contribution < 1.29 is 34.3 Å². The second-order valence-electron chi connectivity index (χ2n) is 9.36. The first-order chi connectivity index (χ1) is 16.4. The number of esters is 1. The quantitative estimate of drug-likeness (QED) is 0.149. The van der Waals surface area contributed by atoms with Gasteiger partial charge in [0, 0.05) is 6.42 Å². The first-order valence-electron chi connectivity index (χ1n) is 13.2. The maximum atomic E-state index is 12.0. The molecule has 3 N–H and O–H groups in total. The average molecular weight is 485 g/mol. The lowest BCUT2D eigenvalue weighted by Crippen LogP contribution is -2.59. The Morgan fingerprint density at radius 1 is 0.853 bits per heavy atom. The van der Waals surface area contributed by atoms with E-state index in [1.54, 1.807) is 13.8 Å². The highest BCUT2D eigenvalue weighted by Gasteiger charge is 2.45. The second kappa shape index (κ2) is 19.0. The van der Waals surface area contributed by atoms with Crippen molar-refractivity contribution in [2.75, 3.05) is 6.61 Å². The number of allylic oxidation sites excluding steroid dienone is 4. The average Bonchev–Trinajstić information content (AvgIpc) is 2.80. The van der Waals surface area contributed by atoms with Crippen LogP contribution in [0.25, 0.3) is 0 Å². The number of ether oxygens (including phenoxy) is 3. The van der Waals surface area contributed by atoms with Gasteiger partial charge in [0.05, 0.1) is 6.10 Å². The van der Waals surface area contributed by atoms with Crippen LogP contribution in [0.4, 0.5) is 0 Å². The van der Waals surface area contributed by atoms with E-state index in [0.717, 1.165) is 44.9 Å². The molecule has 1 heterocycles. The summed E-state index contributed by atoms with van der Waals surface area (Å²) in [4.78, 5) is 12.0. The molecule has 34 heavy (non-hydrogen) atoms. The van der Waals surface area contributed by atoms with E-state index in [2.05, 4.69) is 31.2 Å². The number of hydrogen-bond donors (Lipinski definition) is 3. The minimum Gasteiger partial charge on any atom is -0.463 e. The van der Waals surface area contributed by atoms with Crippen LogP contribution in [0.3, 0.4) is 0 Å². The van der Waals surface area contributed by atoms with Crippen molar-refractivity contribution in [2.45, 2.75) is 135 Å². The number of aliphatic hydroxyl groups excluding tert-OH is 3. The summed E-state index contributed by atoms with van der Waals surface area (Å²) in [7, 11) is 0. The summed E-state index contributed by atoms with van der Waals surface area (Å²) in [5.74, 6) is -0.358. The molecule has 0 spiro atoms. The van der Waals surface area contributed by atoms with E-state index < -0.39 is 30.7 Å². The summed E-state index contributed by atoms with van der Waals surface area (Å²) in [6.07, 6.45) is 15.2. The molecule has 1 aliphatic heterocycles. The fourth-order valence-corrected chi connectivity index (χ4v) is 3.76. The lowest BCUT2D eigenvalue weighted by atomic mass is 9.99. The molecule has 1 aliphatic rings. The molecule has 0 aromatic carbocycles. The highest BCUT2D eigenvalue weighted by Crippen LogP contribution is 2.23. The van der Waals surface area contributed by atoms with Gasteiger partial charge in [-0.2, -0.15) is 0 Å². The van der Waals surface area contributed by atoms with Crippen LogP contribution in [-0.2, 0) is 19.0 Å². The molecule has 0 aromatic rings. The minimum absolute atomic E-state index is 0.192. The topological polar surface area (TPSA) is 105 Å². The van der Waals surface area contributed by atoms with E-state index >= 15 is 0 Å². The molecular formula is C27H48O7. The Labute approximate surface area is 206 Å². The van der Waals surface area contributed by atoms with Crippen molar-refractivity contribution in [3.8, 4) is 0 Å². The smallest absolute Gasteiger partial charge is 0.305 e. The van der Waals surface area contributed by atoms with Gasteiger partial charge in [-0.1, -0.05) is 63.3 Å². The molecule has 0 radical (unpaired) electrons. The normalized spacial score (nSPS) is 25.6. The van der Waals surface area contributed by atoms with E-state index in [1.165, 1.54) is 25.7 Å². The van der Waals surface area contributed by atoms with Crippen molar-refractivity contribution in [3.63, 3.8) is 0 Å². The molecule has 0 bridgehead atoms. The maximum absolute atomic E-state index is 12.0. The molecule has 1 saturated heterocycles. The summed E-state index contributed by atoms with van der Waals surface area (Å²) in [5, 5.41) is 30.1. The van der Waals surface area contributed by atoms with E-state index in [1.807, 2.05) is 0 Å². The Bertz CT molecular complexity index is 575. The molecule has 1 fully saturated rings. The maximum Gasteiger partial charge on any atom is 0.305 e. The number of unbranched alkanes of at least 4 members (excludes halogenated alkanes) is 8. The van der Waals surface area contributed by atoms with Crippen LogP contribution in [0.2, 0.25) is 0 Å². The van der Waals surface area contributed by atoms with Crippen LogP contribution in [0.15, 0.2) is 24.3 Å². The minimum atomic E-state index is -1.43. The van der Waals surface area contributed by atoms with Crippen molar-refractivity contribution in [1.82, 2.24) is 0 Å². The molecule has 1 unspecified atom stereocenters. The van der Waals surface area contributed by atoms with Crippen molar-refractivity contribution in [2.24, 2.45) is 0 Å². The number of carbonyl (C=O) groups is 1. The van der Waals surface area contributed by atoms with Crippen LogP contribution in [0.1, 0.15) is 97.8 Å².